The normalized spacial score (nSPS) is 15.4. The molecule has 4 heteroatoms. The van der Waals surface area contributed by atoms with E-state index in [1.807, 2.05) is 12.1 Å². The van der Waals surface area contributed by atoms with Crippen molar-refractivity contribution in [2.75, 3.05) is 19.6 Å². The molecule has 1 saturated heterocycles. The Kier molecular flexibility index (Phi) is 5.75. The minimum atomic E-state index is -0.0431. The fraction of sp³-hybridized carbons (Fsp3) is 0.444. The molecular weight excluding hydrogens is 276 g/mol. The molecule has 4 nitrogen and oxygen atoms in total. The van der Waals surface area contributed by atoms with Crippen molar-refractivity contribution in [2.24, 2.45) is 5.92 Å². The number of piperidine rings is 1. The van der Waals surface area contributed by atoms with Crippen molar-refractivity contribution < 1.29 is 9.59 Å². The van der Waals surface area contributed by atoms with Crippen LogP contribution in [0.25, 0.3) is 0 Å². The predicted molar refractivity (Wildman–Crippen MR) is 87.4 cm³/mol. The highest BCUT2D eigenvalue weighted by Gasteiger charge is 2.26. The lowest BCUT2D eigenvalue weighted by atomic mass is 9.95. The number of likely N-dealkylation sites (tertiary alicyclic amines) is 1. The highest BCUT2D eigenvalue weighted by atomic mass is 16.2. The molecule has 2 amide bonds. The second kappa shape index (κ2) is 7.78. The number of nitrogens with zero attached hydrogens (tertiary/aromatic N) is 1. The minimum absolute atomic E-state index is 0.0192. The fourth-order valence-corrected chi connectivity index (χ4v) is 2.85. The Morgan fingerprint density at radius 1 is 1.32 bits per heavy atom. The lowest BCUT2D eigenvalue weighted by molar-refractivity contribution is -0.132. The summed E-state index contributed by atoms with van der Waals surface area (Å²) in [5.41, 5.74) is 2.53. The van der Waals surface area contributed by atoms with Gasteiger partial charge in [0, 0.05) is 25.6 Å². The molecule has 1 fully saturated rings. The van der Waals surface area contributed by atoms with Crippen LogP contribution in [0, 0.1) is 12.8 Å². The van der Waals surface area contributed by atoms with Crippen LogP contribution in [0.3, 0.4) is 0 Å². The van der Waals surface area contributed by atoms with Crippen LogP contribution < -0.4 is 5.32 Å². The van der Waals surface area contributed by atoms with E-state index in [1.54, 1.807) is 4.90 Å². The van der Waals surface area contributed by atoms with Gasteiger partial charge in [0.2, 0.25) is 11.8 Å². The summed E-state index contributed by atoms with van der Waals surface area (Å²) in [6.45, 7) is 7.52. The summed E-state index contributed by atoms with van der Waals surface area (Å²) in [5, 5.41) is 3.02. The first-order valence-corrected chi connectivity index (χ1v) is 7.85. The number of hydrogen-bond donors (Lipinski definition) is 1. The molecule has 22 heavy (non-hydrogen) atoms. The Labute approximate surface area is 132 Å². The van der Waals surface area contributed by atoms with Crippen LogP contribution in [0.1, 0.15) is 24.0 Å². The first-order valence-electron chi connectivity index (χ1n) is 7.85. The van der Waals surface area contributed by atoms with Gasteiger partial charge in [-0.2, -0.15) is 0 Å². The molecule has 1 aromatic carbocycles. The number of aryl methyl sites for hydroxylation is 1. The maximum absolute atomic E-state index is 12.2. The first-order chi connectivity index (χ1) is 10.6. The van der Waals surface area contributed by atoms with Crippen LogP contribution in [-0.4, -0.2) is 36.3 Å². The molecule has 0 atom stereocenters. The average molecular weight is 300 g/mol. The Hall–Kier alpha value is -2.10. The SMILES string of the molecule is C=CC(=O)N1CCC(C(=O)NCCc2ccccc2C)CC1. The standard InChI is InChI=1S/C18H24N2O2/c1-3-17(21)20-12-9-16(10-13-20)18(22)19-11-8-15-7-5-4-6-14(15)2/h3-7,16H,1,8-13H2,2H3,(H,19,22). The first kappa shape index (κ1) is 16.3. The van der Waals surface area contributed by atoms with Crippen molar-refractivity contribution in [3.8, 4) is 0 Å². The quantitative estimate of drug-likeness (QED) is 0.846. The third-order valence-electron chi connectivity index (χ3n) is 4.31. The van der Waals surface area contributed by atoms with E-state index in [0.29, 0.717) is 19.6 Å². The van der Waals surface area contributed by atoms with E-state index in [-0.39, 0.29) is 17.7 Å². The molecule has 0 unspecified atom stereocenters. The third-order valence-corrected chi connectivity index (χ3v) is 4.31. The summed E-state index contributed by atoms with van der Waals surface area (Å²) in [7, 11) is 0. The lowest BCUT2D eigenvalue weighted by Gasteiger charge is -2.30. The summed E-state index contributed by atoms with van der Waals surface area (Å²) >= 11 is 0. The van der Waals surface area contributed by atoms with Gasteiger partial charge in [-0.3, -0.25) is 9.59 Å². The Morgan fingerprint density at radius 3 is 2.64 bits per heavy atom. The average Bonchev–Trinajstić information content (AvgIpc) is 2.56. The zero-order valence-corrected chi connectivity index (χ0v) is 13.2. The van der Waals surface area contributed by atoms with Gasteiger partial charge < -0.3 is 10.2 Å². The number of rotatable bonds is 5. The van der Waals surface area contributed by atoms with Gasteiger partial charge in [0.1, 0.15) is 0 Å². The molecule has 1 aliphatic rings. The molecule has 1 aliphatic heterocycles. The van der Waals surface area contributed by atoms with Gasteiger partial charge in [0.15, 0.2) is 0 Å². The Morgan fingerprint density at radius 2 is 2.00 bits per heavy atom. The van der Waals surface area contributed by atoms with Gasteiger partial charge in [-0.05, 0) is 43.4 Å². The summed E-state index contributed by atoms with van der Waals surface area (Å²) < 4.78 is 0. The monoisotopic (exact) mass is 300 g/mol. The zero-order valence-electron chi connectivity index (χ0n) is 13.2. The predicted octanol–water partition coefficient (Wildman–Crippen LogP) is 2.08. The highest BCUT2D eigenvalue weighted by Crippen LogP contribution is 2.17. The second-order valence-corrected chi connectivity index (χ2v) is 5.77. The molecule has 0 aliphatic carbocycles. The van der Waals surface area contributed by atoms with Gasteiger partial charge >= 0.3 is 0 Å². The van der Waals surface area contributed by atoms with Crippen LogP contribution in [0.5, 0.6) is 0 Å². The molecule has 1 N–H and O–H groups in total. The van der Waals surface area contributed by atoms with E-state index in [1.165, 1.54) is 17.2 Å². The smallest absolute Gasteiger partial charge is 0.245 e. The van der Waals surface area contributed by atoms with Gasteiger partial charge in [-0.25, -0.2) is 0 Å². The fourth-order valence-electron chi connectivity index (χ4n) is 2.85. The number of carbonyl (C=O) groups excluding carboxylic acids is 2. The van der Waals surface area contributed by atoms with Gasteiger partial charge in [0.05, 0.1) is 0 Å². The van der Waals surface area contributed by atoms with E-state index in [4.69, 9.17) is 0 Å². The van der Waals surface area contributed by atoms with Crippen LogP contribution in [-0.2, 0) is 16.0 Å². The summed E-state index contributed by atoms with van der Waals surface area (Å²) in [4.78, 5) is 25.5. The zero-order chi connectivity index (χ0) is 15.9. The molecule has 1 aromatic rings. The summed E-state index contributed by atoms with van der Waals surface area (Å²) in [6.07, 6.45) is 3.65. The largest absolute Gasteiger partial charge is 0.356 e. The number of carbonyl (C=O) groups is 2. The number of amides is 2. The third kappa shape index (κ3) is 4.20. The van der Waals surface area contributed by atoms with Crippen molar-refractivity contribution in [3.05, 3.63) is 48.0 Å². The minimum Gasteiger partial charge on any atom is -0.356 e. The van der Waals surface area contributed by atoms with E-state index in [0.717, 1.165) is 19.3 Å². The maximum Gasteiger partial charge on any atom is 0.245 e. The molecule has 0 bridgehead atoms. The highest BCUT2D eigenvalue weighted by molar-refractivity contribution is 5.87. The Balaban J connectivity index is 1.73. The van der Waals surface area contributed by atoms with Crippen molar-refractivity contribution in [1.29, 1.82) is 0 Å². The molecule has 118 valence electrons. The van der Waals surface area contributed by atoms with Crippen LogP contribution in [0.2, 0.25) is 0 Å². The van der Waals surface area contributed by atoms with E-state index >= 15 is 0 Å². The molecule has 2 rings (SSSR count). The molecule has 0 saturated carbocycles. The summed E-state index contributed by atoms with van der Waals surface area (Å²) in [6, 6.07) is 8.23. The van der Waals surface area contributed by atoms with E-state index in [2.05, 4.69) is 31.0 Å². The van der Waals surface area contributed by atoms with Crippen molar-refractivity contribution >= 4 is 11.8 Å². The van der Waals surface area contributed by atoms with Crippen molar-refractivity contribution in [1.82, 2.24) is 10.2 Å². The van der Waals surface area contributed by atoms with Crippen LogP contribution in [0.15, 0.2) is 36.9 Å². The molecule has 0 spiro atoms. The second-order valence-electron chi connectivity index (χ2n) is 5.77. The van der Waals surface area contributed by atoms with Gasteiger partial charge in [-0.1, -0.05) is 30.8 Å². The maximum atomic E-state index is 12.2. The molecule has 0 aromatic heterocycles. The van der Waals surface area contributed by atoms with Gasteiger partial charge in [0.25, 0.3) is 0 Å². The topological polar surface area (TPSA) is 49.4 Å². The van der Waals surface area contributed by atoms with Crippen LogP contribution >= 0.6 is 0 Å². The number of nitrogens with one attached hydrogen (secondary N) is 1. The van der Waals surface area contributed by atoms with E-state index in [9.17, 15) is 9.59 Å². The summed E-state index contributed by atoms with van der Waals surface area (Å²) in [5.74, 6) is 0.0865. The van der Waals surface area contributed by atoms with Crippen molar-refractivity contribution in [3.63, 3.8) is 0 Å². The Bertz CT molecular complexity index is 546. The van der Waals surface area contributed by atoms with E-state index < -0.39 is 0 Å². The lowest BCUT2D eigenvalue weighted by Crippen LogP contribution is -2.42. The number of benzene rings is 1. The van der Waals surface area contributed by atoms with Crippen molar-refractivity contribution in [2.45, 2.75) is 26.2 Å². The van der Waals surface area contributed by atoms with Gasteiger partial charge in [-0.15, -0.1) is 0 Å². The molecular formula is C18H24N2O2. The molecule has 0 radical (unpaired) electrons. The number of hydrogen-bond acceptors (Lipinski definition) is 2. The molecule has 1 heterocycles. The van der Waals surface area contributed by atoms with Crippen LogP contribution in [0.4, 0.5) is 0 Å².